The molecule has 2 aromatic carbocycles. The third-order valence-corrected chi connectivity index (χ3v) is 3.88. The largest absolute Gasteiger partial charge is 0.482 e. The van der Waals surface area contributed by atoms with Gasteiger partial charge >= 0.3 is 17.9 Å². The Morgan fingerprint density at radius 1 is 0.706 bits per heavy atom. The molecule has 0 atom stereocenters. The molecule has 8 heteroatoms. The maximum atomic E-state index is 12.7. The Morgan fingerprint density at radius 3 is 1.62 bits per heavy atom. The molecule has 0 amide bonds. The molecule has 0 heterocycles. The van der Waals surface area contributed by atoms with Crippen LogP contribution in [0.1, 0.15) is 57.5 Å². The van der Waals surface area contributed by atoms with Crippen LogP contribution in [0, 0.1) is 0 Å². The molecule has 8 nitrogen and oxygen atoms in total. The van der Waals surface area contributed by atoms with Crippen molar-refractivity contribution >= 4 is 17.9 Å². The van der Waals surface area contributed by atoms with Gasteiger partial charge in [-0.1, -0.05) is 30.3 Å². The summed E-state index contributed by atoms with van der Waals surface area (Å²) in [5.41, 5.74) is -0.359. The molecule has 0 N–H and O–H groups in total. The monoisotopic (exact) mass is 472 g/mol. The van der Waals surface area contributed by atoms with E-state index in [0.717, 1.165) is 5.56 Å². The molecule has 0 spiro atoms. The van der Waals surface area contributed by atoms with Crippen molar-refractivity contribution in [1.82, 2.24) is 0 Å². The molecule has 2 rings (SSSR count). The molecule has 0 aromatic heterocycles. The lowest BCUT2D eigenvalue weighted by atomic mass is 10.2. The molecule has 2 aromatic rings. The standard InChI is InChI=1S/C26H32O8/c1-25(2,3)33-22(27)16-30-20-12-19(24(29)32-15-18-10-8-7-9-11-18)13-21(14-20)31-17-23(28)34-26(4,5)6/h7-14H,15-17H2,1-6H3. The van der Waals surface area contributed by atoms with E-state index in [-0.39, 0.29) is 36.9 Å². The molecule has 0 aliphatic rings. The lowest BCUT2D eigenvalue weighted by molar-refractivity contribution is -0.158. The van der Waals surface area contributed by atoms with Gasteiger partial charge in [0.15, 0.2) is 13.2 Å². The molecule has 0 aliphatic heterocycles. The van der Waals surface area contributed by atoms with Crippen LogP contribution in [0.15, 0.2) is 48.5 Å². The zero-order chi connectivity index (χ0) is 25.4. The van der Waals surface area contributed by atoms with Gasteiger partial charge < -0.3 is 23.7 Å². The second-order valence-corrected chi connectivity index (χ2v) is 9.51. The fourth-order valence-electron chi connectivity index (χ4n) is 2.69. The third kappa shape index (κ3) is 10.4. The highest BCUT2D eigenvalue weighted by molar-refractivity contribution is 5.90. The van der Waals surface area contributed by atoms with Gasteiger partial charge in [-0.2, -0.15) is 0 Å². The molecule has 0 saturated carbocycles. The van der Waals surface area contributed by atoms with E-state index in [1.807, 2.05) is 30.3 Å². The van der Waals surface area contributed by atoms with Gasteiger partial charge in [0.1, 0.15) is 29.3 Å². The van der Waals surface area contributed by atoms with Gasteiger partial charge in [-0.25, -0.2) is 14.4 Å². The summed E-state index contributed by atoms with van der Waals surface area (Å²) in [6.07, 6.45) is 0. The second-order valence-electron chi connectivity index (χ2n) is 9.51. The van der Waals surface area contributed by atoms with E-state index >= 15 is 0 Å². The molecule has 0 unspecified atom stereocenters. The Labute approximate surface area is 200 Å². The number of benzene rings is 2. The molecule has 0 fully saturated rings. The topological polar surface area (TPSA) is 97.4 Å². The summed E-state index contributed by atoms with van der Waals surface area (Å²) >= 11 is 0. The molecule has 0 saturated heterocycles. The van der Waals surface area contributed by atoms with Gasteiger partial charge in [-0.3, -0.25) is 0 Å². The summed E-state index contributed by atoms with van der Waals surface area (Å²) in [6, 6.07) is 13.5. The van der Waals surface area contributed by atoms with Crippen LogP contribution in [0.3, 0.4) is 0 Å². The van der Waals surface area contributed by atoms with Crippen molar-refractivity contribution in [3.05, 3.63) is 59.7 Å². The zero-order valence-corrected chi connectivity index (χ0v) is 20.5. The first-order chi connectivity index (χ1) is 15.8. The Morgan fingerprint density at radius 2 is 1.18 bits per heavy atom. The Bertz CT molecular complexity index is 934. The van der Waals surface area contributed by atoms with Crippen LogP contribution in [0.4, 0.5) is 0 Å². The number of carbonyl (C=O) groups excluding carboxylic acids is 3. The fourth-order valence-corrected chi connectivity index (χ4v) is 2.69. The van der Waals surface area contributed by atoms with Crippen LogP contribution in [-0.4, -0.2) is 42.3 Å². The van der Waals surface area contributed by atoms with Crippen molar-refractivity contribution in [3.8, 4) is 11.5 Å². The number of hydrogen-bond donors (Lipinski definition) is 0. The van der Waals surface area contributed by atoms with Crippen LogP contribution in [0.2, 0.25) is 0 Å². The summed E-state index contributed by atoms with van der Waals surface area (Å²) in [5, 5.41) is 0. The number of hydrogen-bond acceptors (Lipinski definition) is 8. The highest BCUT2D eigenvalue weighted by Crippen LogP contribution is 2.25. The van der Waals surface area contributed by atoms with Crippen molar-refractivity contribution in [2.75, 3.05) is 13.2 Å². The molecule has 34 heavy (non-hydrogen) atoms. The predicted molar refractivity (Wildman–Crippen MR) is 125 cm³/mol. The van der Waals surface area contributed by atoms with Crippen LogP contribution >= 0.6 is 0 Å². The quantitative estimate of drug-likeness (QED) is 0.389. The fraction of sp³-hybridized carbons (Fsp3) is 0.423. The van der Waals surface area contributed by atoms with Gasteiger partial charge in [0.2, 0.25) is 0 Å². The average molecular weight is 473 g/mol. The first kappa shape index (κ1) is 26.7. The molecule has 184 valence electrons. The first-order valence-corrected chi connectivity index (χ1v) is 10.9. The lowest BCUT2D eigenvalue weighted by Gasteiger charge is -2.20. The first-order valence-electron chi connectivity index (χ1n) is 10.9. The van der Waals surface area contributed by atoms with Gasteiger partial charge in [0, 0.05) is 6.07 Å². The van der Waals surface area contributed by atoms with Crippen LogP contribution in [0.5, 0.6) is 11.5 Å². The molecule has 0 bridgehead atoms. The summed E-state index contributed by atoms with van der Waals surface area (Å²) in [5.74, 6) is -1.39. The van der Waals surface area contributed by atoms with E-state index in [1.54, 1.807) is 41.5 Å². The maximum absolute atomic E-state index is 12.7. The van der Waals surface area contributed by atoms with E-state index < -0.39 is 29.1 Å². The average Bonchev–Trinajstić information content (AvgIpc) is 2.73. The number of carbonyl (C=O) groups is 3. The van der Waals surface area contributed by atoms with Crippen molar-refractivity contribution in [3.63, 3.8) is 0 Å². The summed E-state index contributed by atoms with van der Waals surface area (Å²) < 4.78 is 26.9. The van der Waals surface area contributed by atoms with Crippen molar-refractivity contribution in [1.29, 1.82) is 0 Å². The van der Waals surface area contributed by atoms with Crippen molar-refractivity contribution in [2.24, 2.45) is 0 Å². The van der Waals surface area contributed by atoms with Gasteiger partial charge in [0.25, 0.3) is 0 Å². The predicted octanol–water partition coefficient (Wildman–Crippen LogP) is 4.48. The molecule has 0 radical (unpaired) electrons. The van der Waals surface area contributed by atoms with E-state index in [9.17, 15) is 14.4 Å². The Hall–Kier alpha value is -3.55. The zero-order valence-electron chi connectivity index (χ0n) is 20.5. The van der Waals surface area contributed by atoms with Crippen LogP contribution < -0.4 is 9.47 Å². The molecule has 0 aliphatic carbocycles. The Kier molecular flexibility index (Phi) is 9.06. The summed E-state index contributed by atoms with van der Waals surface area (Å²) in [4.78, 5) is 36.7. The normalized spacial score (nSPS) is 11.4. The second kappa shape index (κ2) is 11.5. The van der Waals surface area contributed by atoms with E-state index in [4.69, 9.17) is 23.7 Å². The number of esters is 3. The van der Waals surface area contributed by atoms with E-state index in [1.165, 1.54) is 18.2 Å². The van der Waals surface area contributed by atoms with Crippen LogP contribution in [-0.2, 0) is 30.4 Å². The van der Waals surface area contributed by atoms with E-state index in [0.29, 0.717) is 0 Å². The van der Waals surface area contributed by atoms with E-state index in [2.05, 4.69) is 0 Å². The van der Waals surface area contributed by atoms with Crippen molar-refractivity contribution < 1.29 is 38.1 Å². The van der Waals surface area contributed by atoms with Gasteiger partial charge in [0.05, 0.1) is 5.56 Å². The molecular formula is C26H32O8. The lowest BCUT2D eigenvalue weighted by Crippen LogP contribution is -2.27. The number of ether oxygens (including phenoxy) is 5. The summed E-state index contributed by atoms with van der Waals surface area (Å²) in [7, 11) is 0. The van der Waals surface area contributed by atoms with Gasteiger partial charge in [-0.05, 0) is 59.2 Å². The SMILES string of the molecule is CC(C)(C)OC(=O)COc1cc(OCC(=O)OC(C)(C)C)cc(C(=O)OCc2ccccc2)c1. The summed E-state index contributed by atoms with van der Waals surface area (Å²) in [6.45, 7) is 9.82. The maximum Gasteiger partial charge on any atom is 0.344 e. The minimum absolute atomic E-state index is 0.0801. The van der Waals surface area contributed by atoms with Crippen molar-refractivity contribution in [2.45, 2.75) is 59.4 Å². The Balaban J connectivity index is 2.14. The highest BCUT2D eigenvalue weighted by Gasteiger charge is 2.19. The number of rotatable bonds is 9. The minimum Gasteiger partial charge on any atom is -0.482 e. The van der Waals surface area contributed by atoms with Crippen LogP contribution in [0.25, 0.3) is 0 Å². The highest BCUT2D eigenvalue weighted by atomic mass is 16.6. The molecular weight excluding hydrogens is 440 g/mol. The van der Waals surface area contributed by atoms with Gasteiger partial charge in [-0.15, -0.1) is 0 Å². The minimum atomic E-state index is -0.661. The smallest absolute Gasteiger partial charge is 0.344 e. The third-order valence-electron chi connectivity index (χ3n) is 3.88.